The topological polar surface area (TPSA) is 43.4 Å². The predicted molar refractivity (Wildman–Crippen MR) is 69.5 cm³/mol. The number of alkyl halides is 3. The molecule has 0 amide bonds. The molecule has 0 radical (unpaired) electrons. The summed E-state index contributed by atoms with van der Waals surface area (Å²) in [6.07, 6.45) is -4.75. The first-order valence-corrected chi connectivity index (χ1v) is 8.18. The van der Waals surface area contributed by atoms with Crippen molar-refractivity contribution < 1.29 is 26.3 Å². The molecule has 2 rings (SSSR count). The van der Waals surface area contributed by atoms with E-state index in [1.165, 1.54) is 24.3 Å². The maximum absolute atomic E-state index is 12.0. The van der Waals surface area contributed by atoms with Gasteiger partial charge in [-0.15, -0.1) is 24.5 Å². The van der Waals surface area contributed by atoms with Crippen molar-refractivity contribution in [2.24, 2.45) is 0 Å². The molecule has 9 heteroatoms. The Morgan fingerprint density at radius 1 is 1.05 bits per heavy atom. The van der Waals surface area contributed by atoms with E-state index in [0.29, 0.717) is 10.4 Å². The van der Waals surface area contributed by atoms with Gasteiger partial charge >= 0.3 is 6.36 Å². The standard InChI is InChI=1S/C11H6ClF3O3S2/c12-20(16,17)10-6-5-9(19-10)7-1-3-8(4-2-7)18-11(13,14)15/h1-6H. The fourth-order valence-electron chi connectivity index (χ4n) is 1.43. The maximum Gasteiger partial charge on any atom is 0.573 e. The summed E-state index contributed by atoms with van der Waals surface area (Å²) >= 11 is 0.929. The van der Waals surface area contributed by atoms with Crippen LogP contribution in [-0.2, 0) is 9.05 Å². The van der Waals surface area contributed by atoms with Gasteiger partial charge in [-0.2, -0.15) is 0 Å². The van der Waals surface area contributed by atoms with E-state index in [4.69, 9.17) is 10.7 Å². The van der Waals surface area contributed by atoms with Gasteiger partial charge in [0.05, 0.1) is 0 Å². The summed E-state index contributed by atoms with van der Waals surface area (Å²) in [5.74, 6) is -0.344. The molecule has 0 aliphatic heterocycles. The summed E-state index contributed by atoms with van der Waals surface area (Å²) in [6.45, 7) is 0. The van der Waals surface area contributed by atoms with Crippen molar-refractivity contribution in [2.75, 3.05) is 0 Å². The Hall–Kier alpha value is -1.25. The second-order valence-corrected chi connectivity index (χ2v) is 7.51. The van der Waals surface area contributed by atoms with Crippen molar-refractivity contribution in [3.63, 3.8) is 0 Å². The van der Waals surface area contributed by atoms with Gasteiger partial charge < -0.3 is 4.74 Å². The van der Waals surface area contributed by atoms with Crippen molar-refractivity contribution in [3.8, 4) is 16.2 Å². The second-order valence-electron chi connectivity index (χ2n) is 3.63. The van der Waals surface area contributed by atoms with Crippen LogP contribution in [0, 0.1) is 0 Å². The molecule has 0 bridgehead atoms. The SMILES string of the molecule is O=S(=O)(Cl)c1ccc(-c2ccc(OC(F)(F)F)cc2)s1. The summed E-state index contributed by atoms with van der Waals surface area (Å²) in [5, 5.41) is 0. The van der Waals surface area contributed by atoms with E-state index in [1.807, 2.05) is 0 Å². The summed E-state index contributed by atoms with van der Waals surface area (Å²) in [6, 6.07) is 7.96. The van der Waals surface area contributed by atoms with Crippen LogP contribution in [0.4, 0.5) is 13.2 Å². The number of hydrogen-bond acceptors (Lipinski definition) is 4. The highest BCUT2D eigenvalue weighted by Crippen LogP contribution is 2.33. The van der Waals surface area contributed by atoms with Crippen molar-refractivity contribution in [2.45, 2.75) is 10.6 Å². The molecule has 0 saturated heterocycles. The number of rotatable bonds is 3. The van der Waals surface area contributed by atoms with E-state index in [9.17, 15) is 21.6 Å². The summed E-state index contributed by atoms with van der Waals surface area (Å²) in [5.41, 5.74) is 0.566. The van der Waals surface area contributed by atoms with Gasteiger partial charge in [0.1, 0.15) is 9.96 Å². The first-order valence-electron chi connectivity index (χ1n) is 5.06. The molecule has 3 nitrogen and oxygen atoms in total. The Kier molecular flexibility index (Phi) is 3.99. The van der Waals surface area contributed by atoms with E-state index < -0.39 is 15.4 Å². The molecule has 0 N–H and O–H groups in total. The number of ether oxygens (including phenoxy) is 1. The monoisotopic (exact) mass is 342 g/mol. The Bertz CT molecular complexity index is 705. The van der Waals surface area contributed by atoms with Crippen molar-refractivity contribution in [1.82, 2.24) is 0 Å². The van der Waals surface area contributed by atoms with Gasteiger partial charge in [0.15, 0.2) is 0 Å². The molecule has 1 heterocycles. The lowest BCUT2D eigenvalue weighted by atomic mass is 10.2. The fourth-order valence-corrected chi connectivity index (χ4v) is 3.51. The van der Waals surface area contributed by atoms with E-state index in [0.717, 1.165) is 23.5 Å². The molecule has 1 aromatic carbocycles. The van der Waals surface area contributed by atoms with Crippen molar-refractivity contribution in [3.05, 3.63) is 36.4 Å². The van der Waals surface area contributed by atoms with Crippen LogP contribution < -0.4 is 4.74 Å². The molecule has 0 aliphatic carbocycles. The summed E-state index contributed by atoms with van der Waals surface area (Å²) < 4.78 is 61.9. The third kappa shape index (κ3) is 3.87. The molecule has 1 aromatic heterocycles. The van der Waals surface area contributed by atoms with E-state index in [2.05, 4.69) is 4.74 Å². The third-order valence-corrected chi connectivity index (χ3v) is 5.42. The fraction of sp³-hybridized carbons (Fsp3) is 0.0909. The average molecular weight is 343 g/mol. The minimum atomic E-state index is -4.75. The zero-order chi connectivity index (χ0) is 15.0. The van der Waals surface area contributed by atoms with Crippen LogP contribution in [-0.4, -0.2) is 14.8 Å². The van der Waals surface area contributed by atoms with Crippen LogP contribution in [0.5, 0.6) is 5.75 Å². The molecule has 108 valence electrons. The van der Waals surface area contributed by atoms with Gasteiger partial charge in [-0.1, -0.05) is 0 Å². The van der Waals surface area contributed by atoms with Gasteiger partial charge in [-0.05, 0) is 42.0 Å². The average Bonchev–Trinajstić information content (AvgIpc) is 2.76. The van der Waals surface area contributed by atoms with Crippen LogP contribution in [0.1, 0.15) is 0 Å². The lowest BCUT2D eigenvalue weighted by Gasteiger charge is -2.08. The predicted octanol–water partition coefficient (Wildman–Crippen LogP) is 4.24. The molecule has 20 heavy (non-hydrogen) atoms. The largest absolute Gasteiger partial charge is 0.573 e. The number of halogens is 4. The first kappa shape index (κ1) is 15.1. The minimum absolute atomic E-state index is 0.0233. The molecule has 0 unspecified atom stereocenters. The molecule has 0 aliphatic rings. The molecule has 0 spiro atoms. The van der Waals surface area contributed by atoms with Crippen molar-refractivity contribution in [1.29, 1.82) is 0 Å². The number of thiophene rings is 1. The zero-order valence-corrected chi connectivity index (χ0v) is 11.9. The van der Waals surface area contributed by atoms with E-state index in [-0.39, 0.29) is 9.96 Å². The van der Waals surface area contributed by atoms with Crippen LogP contribution in [0.3, 0.4) is 0 Å². The van der Waals surface area contributed by atoms with Gasteiger partial charge in [0.25, 0.3) is 9.05 Å². The van der Waals surface area contributed by atoms with E-state index in [1.54, 1.807) is 0 Å². The highest BCUT2D eigenvalue weighted by Gasteiger charge is 2.31. The molecular formula is C11H6ClF3O3S2. The van der Waals surface area contributed by atoms with Gasteiger partial charge in [0.2, 0.25) is 0 Å². The lowest BCUT2D eigenvalue weighted by molar-refractivity contribution is -0.274. The molecular weight excluding hydrogens is 337 g/mol. The van der Waals surface area contributed by atoms with Crippen LogP contribution in [0.25, 0.3) is 10.4 Å². The zero-order valence-electron chi connectivity index (χ0n) is 9.52. The normalized spacial score (nSPS) is 12.4. The minimum Gasteiger partial charge on any atom is -0.406 e. The first-order chi connectivity index (χ1) is 9.15. The Morgan fingerprint density at radius 3 is 2.10 bits per heavy atom. The molecule has 0 saturated carbocycles. The Labute approximate surface area is 121 Å². The van der Waals surface area contributed by atoms with Gasteiger partial charge in [-0.25, -0.2) is 8.42 Å². The number of hydrogen-bond donors (Lipinski definition) is 0. The Morgan fingerprint density at radius 2 is 1.65 bits per heavy atom. The van der Waals surface area contributed by atoms with Gasteiger partial charge in [0, 0.05) is 15.6 Å². The summed E-state index contributed by atoms with van der Waals surface area (Å²) in [7, 11) is 1.39. The van der Waals surface area contributed by atoms with Crippen LogP contribution in [0.15, 0.2) is 40.6 Å². The molecule has 0 fully saturated rings. The number of benzene rings is 1. The Balaban J connectivity index is 2.24. The highest BCUT2D eigenvalue weighted by molar-refractivity contribution is 8.15. The maximum atomic E-state index is 12.0. The van der Waals surface area contributed by atoms with Crippen LogP contribution >= 0.6 is 22.0 Å². The quantitative estimate of drug-likeness (QED) is 0.783. The van der Waals surface area contributed by atoms with Gasteiger partial charge in [-0.3, -0.25) is 0 Å². The smallest absolute Gasteiger partial charge is 0.406 e. The molecule has 0 atom stereocenters. The highest BCUT2D eigenvalue weighted by atomic mass is 35.7. The van der Waals surface area contributed by atoms with E-state index >= 15 is 0 Å². The lowest BCUT2D eigenvalue weighted by Crippen LogP contribution is -2.16. The molecule has 2 aromatic rings. The van der Waals surface area contributed by atoms with Crippen LogP contribution in [0.2, 0.25) is 0 Å². The van der Waals surface area contributed by atoms with Crippen molar-refractivity contribution >= 4 is 31.1 Å². The summed E-state index contributed by atoms with van der Waals surface area (Å²) in [4.78, 5) is 0.572. The third-order valence-electron chi connectivity index (χ3n) is 2.19. The second kappa shape index (κ2) is 5.27.